The number of nitrogens with one attached hydrogen (secondary N) is 2. The van der Waals surface area contributed by atoms with E-state index in [9.17, 15) is 14.7 Å². The fourth-order valence-corrected chi connectivity index (χ4v) is 2.01. The Morgan fingerprint density at radius 1 is 1.48 bits per heavy atom. The topological polar surface area (TPSA) is 101 Å². The zero-order chi connectivity index (χ0) is 16.0. The Hall–Kier alpha value is -1.67. The summed E-state index contributed by atoms with van der Waals surface area (Å²) in [5.74, 6) is -0.494. The summed E-state index contributed by atoms with van der Waals surface area (Å²) in [5, 5.41) is 17.2. The third kappa shape index (κ3) is 6.54. The largest absolute Gasteiger partial charge is 0.444 e. The zero-order valence-electron chi connectivity index (χ0n) is 12.5. The number of amides is 2. The van der Waals surface area contributed by atoms with Gasteiger partial charge in [0, 0.05) is 11.6 Å². The molecule has 0 bridgehead atoms. The lowest BCUT2D eigenvalue weighted by atomic mass is 10.1. The highest BCUT2D eigenvalue weighted by molar-refractivity contribution is 7.09. The highest BCUT2D eigenvalue weighted by Gasteiger charge is 2.27. The van der Waals surface area contributed by atoms with Gasteiger partial charge in [0.15, 0.2) is 0 Å². The molecular formula is C13H21N3O4S. The van der Waals surface area contributed by atoms with E-state index in [-0.39, 0.29) is 6.54 Å². The third-order valence-electron chi connectivity index (χ3n) is 2.33. The molecule has 1 aromatic rings. The van der Waals surface area contributed by atoms with E-state index in [1.165, 1.54) is 18.3 Å². The van der Waals surface area contributed by atoms with Crippen LogP contribution in [0.25, 0.3) is 0 Å². The van der Waals surface area contributed by atoms with Crippen molar-refractivity contribution in [2.45, 2.75) is 52.0 Å². The van der Waals surface area contributed by atoms with Gasteiger partial charge in [-0.2, -0.15) is 0 Å². The molecular weight excluding hydrogens is 294 g/mol. The Kier molecular flexibility index (Phi) is 6.10. The average molecular weight is 315 g/mol. The standard InChI is InChI=1S/C13H21N3O4S/c1-8(17)10(16-12(19)20-13(2,3)4)11(18)15-7-9-14-5-6-21-9/h5-6,8,10,17H,7H2,1-4H3,(H,15,18)(H,16,19)/t8?,10-/m1/s1. The van der Waals surface area contributed by atoms with E-state index in [1.807, 2.05) is 0 Å². The summed E-state index contributed by atoms with van der Waals surface area (Å²) in [6.07, 6.45) is -0.163. The number of aliphatic hydroxyl groups excluding tert-OH is 1. The van der Waals surface area contributed by atoms with Crippen LogP contribution in [0.15, 0.2) is 11.6 Å². The van der Waals surface area contributed by atoms with Gasteiger partial charge in [-0.1, -0.05) is 0 Å². The summed E-state index contributed by atoms with van der Waals surface area (Å²) < 4.78 is 5.07. The molecule has 0 radical (unpaired) electrons. The molecule has 0 saturated carbocycles. The van der Waals surface area contributed by atoms with Crippen molar-refractivity contribution in [2.24, 2.45) is 0 Å². The van der Waals surface area contributed by atoms with Crippen LogP contribution in [0, 0.1) is 0 Å². The fraction of sp³-hybridized carbons (Fsp3) is 0.615. The number of carbonyl (C=O) groups is 2. The second-order valence-electron chi connectivity index (χ2n) is 5.51. The van der Waals surface area contributed by atoms with Crippen LogP contribution in [0.1, 0.15) is 32.7 Å². The summed E-state index contributed by atoms with van der Waals surface area (Å²) in [4.78, 5) is 27.7. The van der Waals surface area contributed by atoms with Crippen LogP contribution in [0.4, 0.5) is 4.79 Å². The lowest BCUT2D eigenvalue weighted by molar-refractivity contribution is -0.125. The molecule has 8 heteroatoms. The molecule has 0 saturated heterocycles. The quantitative estimate of drug-likeness (QED) is 0.753. The molecule has 2 atom stereocenters. The molecule has 21 heavy (non-hydrogen) atoms. The Morgan fingerprint density at radius 3 is 2.62 bits per heavy atom. The van der Waals surface area contributed by atoms with Crippen LogP contribution in [-0.4, -0.2) is 39.8 Å². The number of hydrogen-bond donors (Lipinski definition) is 3. The van der Waals surface area contributed by atoms with Gasteiger partial charge in [-0.25, -0.2) is 9.78 Å². The molecule has 0 aromatic carbocycles. The number of ether oxygens (including phenoxy) is 1. The maximum Gasteiger partial charge on any atom is 0.408 e. The number of thiazole rings is 1. The maximum atomic E-state index is 12.0. The number of hydrogen-bond acceptors (Lipinski definition) is 6. The van der Waals surface area contributed by atoms with E-state index in [2.05, 4.69) is 15.6 Å². The van der Waals surface area contributed by atoms with Crippen molar-refractivity contribution in [3.63, 3.8) is 0 Å². The number of aliphatic hydroxyl groups is 1. The lowest BCUT2D eigenvalue weighted by Gasteiger charge is -2.24. The first kappa shape index (κ1) is 17.4. The maximum absolute atomic E-state index is 12.0. The monoisotopic (exact) mass is 315 g/mol. The van der Waals surface area contributed by atoms with Crippen molar-refractivity contribution in [2.75, 3.05) is 0 Å². The predicted octanol–water partition coefficient (Wildman–Crippen LogP) is 1.03. The minimum absolute atomic E-state index is 0.246. The van der Waals surface area contributed by atoms with Gasteiger partial charge in [0.25, 0.3) is 0 Å². The second-order valence-corrected chi connectivity index (χ2v) is 6.49. The van der Waals surface area contributed by atoms with E-state index < -0.39 is 29.7 Å². The van der Waals surface area contributed by atoms with Gasteiger partial charge in [0.05, 0.1) is 12.6 Å². The number of aromatic nitrogens is 1. The van der Waals surface area contributed by atoms with Crippen LogP contribution in [-0.2, 0) is 16.1 Å². The zero-order valence-corrected chi connectivity index (χ0v) is 13.4. The molecule has 1 unspecified atom stereocenters. The van der Waals surface area contributed by atoms with E-state index in [0.29, 0.717) is 0 Å². The SMILES string of the molecule is CC(O)[C@@H](NC(=O)OC(C)(C)C)C(=O)NCc1nccs1. The Morgan fingerprint density at radius 2 is 2.14 bits per heavy atom. The van der Waals surface area contributed by atoms with Gasteiger partial charge in [-0.3, -0.25) is 4.79 Å². The first-order valence-electron chi connectivity index (χ1n) is 6.52. The minimum Gasteiger partial charge on any atom is -0.444 e. The van der Waals surface area contributed by atoms with Crippen LogP contribution < -0.4 is 10.6 Å². The van der Waals surface area contributed by atoms with Gasteiger partial charge in [0.2, 0.25) is 5.91 Å². The molecule has 1 rings (SSSR count). The Labute approximate surface area is 127 Å². The fourth-order valence-electron chi connectivity index (χ4n) is 1.45. The summed E-state index contributed by atoms with van der Waals surface area (Å²) in [7, 11) is 0. The number of rotatable bonds is 5. The van der Waals surface area contributed by atoms with Gasteiger partial charge in [-0.05, 0) is 27.7 Å². The van der Waals surface area contributed by atoms with E-state index in [1.54, 1.807) is 32.3 Å². The molecule has 2 amide bonds. The predicted molar refractivity (Wildman–Crippen MR) is 78.8 cm³/mol. The molecule has 1 heterocycles. The van der Waals surface area contributed by atoms with Crippen LogP contribution in [0.3, 0.4) is 0 Å². The van der Waals surface area contributed by atoms with E-state index in [4.69, 9.17) is 4.74 Å². The van der Waals surface area contributed by atoms with Gasteiger partial charge in [0.1, 0.15) is 16.7 Å². The number of carbonyl (C=O) groups excluding carboxylic acids is 2. The first-order chi connectivity index (χ1) is 9.69. The first-order valence-corrected chi connectivity index (χ1v) is 7.40. The van der Waals surface area contributed by atoms with Crippen molar-refractivity contribution in [1.82, 2.24) is 15.6 Å². The van der Waals surface area contributed by atoms with Crippen molar-refractivity contribution >= 4 is 23.3 Å². The molecule has 3 N–H and O–H groups in total. The summed E-state index contributed by atoms with van der Waals surface area (Å²) >= 11 is 1.41. The smallest absolute Gasteiger partial charge is 0.408 e. The van der Waals surface area contributed by atoms with Gasteiger partial charge >= 0.3 is 6.09 Å². The molecule has 0 aliphatic rings. The third-order valence-corrected chi connectivity index (χ3v) is 3.11. The lowest BCUT2D eigenvalue weighted by Crippen LogP contribution is -2.53. The highest BCUT2D eigenvalue weighted by atomic mass is 32.1. The summed E-state index contributed by atoms with van der Waals surface area (Å²) in [5.41, 5.74) is -0.676. The van der Waals surface area contributed by atoms with Crippen LogP contribution >= 0.6 is 11.3 Å². The summed E-state index contributed by atoms with van der Waals surface area (Å²) in [6, 6.07) is -1.08. The molecule has 118 valence electrons. The van der Waals surface area contributed by atoms with Crippen molar-refractivity contribution in [3.05, 3.63) is 16.6 Å². The Balaban J connectivity index is 2.55. The summed E-state index contributed by atoms with van der Waals surface area (Å²) in [6.45, 7) is 6.81. The van der Waals surface area contributed by atoms with Crippen LogP contribution in [0.2, 0.25) is 0 Å². The number of nitrogens with zero attached hydrogens (tertiary/aromatic N) is 1. The molecule has 7 nitrogen and oxygen atoms in total. The Bertz CT molecular complexity index is 468. The van der Waals surface area contributed by atoms with Gasteiger partial charge in [-0.15, -0.1) is 11.3 Å². The molecule has 0 spiro atoms. The van der Waals surface area contributed by atoms with Crippen molar-refractivity contribution in [1.29, 1.82) is 0 Å². The highest BCUT2D eigenvalue weighted by Crippen LogP contribution is 2.08. The average Bonchev–Trinajstić information content (AvgIpc) is 2.83. The normalized spacial score (nSPS) is 14.1. The van der Waals surface area contributed by atoms with E-state index in [0.717, 1.165) is 5.01 Å². The molecule has 1 aromatic heterocycles. The second kappa shape index (κ2) is 7.37. The molecule has 0 aliphatic heterocycles. The van der Waals surface area contributed by atoms with E-state index >= 15 is 0 Å². The van der Waals surface area contributed by atoms with Gasteiger partial charge < -0.3 is 20.5 Å². The molecule has 0 aliphatic carbocycles. The number of alkyl carbamates (subject to hydrolysis) is 1. The van der Waals surface area contributed by atoms with Crippen molar-refractivity contribution in [3.8, 4) is 0 Å². The molecule has 0 fully saturated rings. The van der Waals surface area contributed by atoms with Crippen molar-refractivity contribution < 1.29 is 19.4 Å². The minimum atomic E-state index is -1.08. The van der Waals surface area contributed by atoms with Crippen LogP contribution in [0.5, 0.6) is 0 Å².